The zero-order valence-electron chi connectivity index (χ0n) is 17.9. The lowest BCUT2D eigenvalue weighted by molar-refractivity contribution is -0.153. The molecule has 0 unspecified atom stereocenters. The molecule has 2 rings (SSSR count). The Morgan fingerprint density at radius 3 is 1.83 bits per heavy atom. The minimum atomic E-state index is -0.548. The molecular weight excluding hydrogens is 388 g/mol. The summed E-state index contributed by atoms with van der Waals surface area (Å²) in [6.45, 7) is 6.63. The molecule has 6 heteroatoms. The van der Waals surface area contributed by atoms with Crippen molar-refractivity contribution in [3.63, 3.8) is 0 Å². The van der Waals surface area contributed by atoms with Crippen molar-refractivity contribution < 1.29 is 23.4 Å². The minimum Gasteiger partial charge on any atom is -0.465 e. The minimum absolute atomic E-state index is 0.0738. The Balaban J connectivity index is 2.04. The first-order valence-corrected chi connectivity index (χ1v) is 10.2. The van der Waals surface area contributed by atoms with Crippen molar-refractivity contribution in [3.8, 4) is 0 Å². The van der Waals surface area contributed by atoms with Crippen LogP contribution in [0.25, 0.3) is 0 Å². The van der Waals surface area contributed by atoms with Crippen LogP contribution in [-0.4, -0.2) is 35.2 Å². The van der Waals surface area contributed by atoms with Gasteiger partial charge in [0.25, 0.3) is 0 Å². The molecular formula is C24H31F2NO3. The van der Waals surface area contributed by atoms with Gasteiger partial charge in [-0.3, -0.25) is 9.69 Å². The molecule has 0 amide bonds. The van der Waals surface area contributed by atoms with Gasteiger partial charge in [-0.2, -0.15) is 0 Å². The van der Waals surface area contributed by atoms with Gasteiger partial charge in [0.15, 0.2) is 0 Å². The molecule has 164 valence electrons. The number of hydrogen-bond acceptors (Lipinski definition) is 4. The molecule has 0 radical (unpaired) electrons. The van der Waals surface area contributed by atoms with Gasteiger partial charge >= 0.3 is 5.97 Å². The molecule has 2 aromatic carbocycles. The van der Waals surface area contributed by atoms with E-state index in [1.165, 1.54) is 24.3 Å². The van der Waals surface area contributed by atoms with Crippen molar-refractivity contribution in [1.82, 2.24) is 4.90 Å². The van der Waals surface area contributed by atoms with Crippen LogP contribution in [0.1, 0.15) is 44.7 Å². The molecule has 0 aromatic heterocycles. The zero-order chi connectivity index (χ0) is 22.1. The van der Waals surface area contributed by atoms with Crippen LogP contribution >= 0.6 is 0 Å². The van der Waals surface area contributed by atoms with E-state index in [9.17, 15) is 18.7 Å². The van der Waals surface area contributed by atoms with Gasteiger partial charge in [0.1, 0.15) is 11.6 Å². The van der Waals surface area contributed by atoms with Crippen molar-refractivity contribution in [2.75, 3.05) is 13.2 Å². The molecule has 4 nitrogen and oxygen atoms in total. The van der Waals surface area contributed by atoms with Crippen molar-refractivity contribution in [3.05, 3.63) is 71.3 Å². The second-order valence-corrected chi connectivity index (χ2v) is 8.52. The van der Waals surface area contributed by atoms with Gasteiger partial charge in [0, 0.05) is 19.1 Å². The van der Waals surface area contributed by atoms with Gasteiger partial charge in [-0.15, -0.1) is 0 Å². The maximum Gasteiger partial charge on any atom is 0.311 e. The number of aliphatic hydroxyl groups excluding tert-OH is 1. The van der Waals surface area contributed by atoms with Gasteiger partial charge in [-0.25, -0.2) is 8.78 Å². The average Bonchev–Trinajstić information content (AvgIpc) is 2.70. The third-order valence-electron chi connectivity index (χ3n) is 4.85. The molecule has 0 fully saturated rings. The summed E-state index contributed by atoms with van der Waals surface area (Å²) in [5, 5.41) is 10.0. The van der Waals surface area contributed by atoms with Crippen molar-refractivity contribution >= 4 is 5.97 Å². The first-order valence-electron chi connectivity index (χ1n) is 10.2. The highest BCUT2D eigenvalue weighted by Gasteiger charge is 2.23. The van der Waals surface area contributed by atoms with E-state index in [1.54, 1.807) is 45.0 Å². The molecule has 0 aliphatic heterocycles. The van der Waals surface area contributed by atoms with Crippen LogP contribution in [0.2, 0.25) is 0 Å². The van der Waals surface area contributed by atoms with E-state index >= 15 is 0 Å². The molecule has 30 heavy (non-hydrogen) atoms. The molecule has 0 spiro atoms. The molecule has 0 aliphatic carbocycles. The second kappa shape index (κ2) is 11.2. The standard InChI is InChI=1S/C24H31F2NO3/c1-24(2,3)23(29)30-14-4-5-22(17-28)27(15-18-6-10-20(25)11-7-18)16-19-8-12-21(26)13-9-19/h6-13,22,28H,4-5,14-17H2,1-3H3/t22-/m1/s1. The third-order valence-corrected chi connectivity index (χ3v) is 4.85. The topological polar surface area (TPSA) is 49.8 Å². The Labute approximate surface area is 177 Å². The molecule has 1 atom stereocenters. The Hall–Kier alpha value is -2.31. The lowest BCUT2D eigenvalue weighted by Crippen LogP contribution is -2.37. The van der Waals surface area contributed by atoms with E-state index in [0.29, 0.717) is 25.9 Å². The molecule has 0 heterocycles. The maximum absolute atomic E-state index is 13.3. The van der Waals surface area contributed by atoms with E-state index < -0.39 is 5.41 Å². The fraction of sp³-hybridized carbons (Fsp3) is 0.458. The zero-order valence-corrected chi connectivity index (χ0v) is 17.9. The summed E-state index contributed by atoms with van der Waals surface area (Å²) in [5.74, 6) is -0.857. The van der Waals surface area contributed by atoms with Crippen LogP contribution in [-0.2, 0) is 22.6 Å². The highest BCUT2D eigenvalue weighted by Crippen LogP contribution is 2.19. The summed E-state index contributed by atoms with van der Waals surface area (Å²) in [4.78, 5) is 14.0. The quantitative estimate of drug-likeness (QED) is 0.448. The lowest BCUT2D eigenvalue weighted by Gasteiger charge is -2.31. The Kier molecular flexibility index (Phi) is 8.93. The fourth-order valence-electron chi connectivity index (χ4n) is 3.05. The van der Waals surface area contributed by atoms with Gasteiger partial charge in [-0.05, 0) is 69.0 Å². The smallest absolute Gasteiger partial charge is 0.311 e. The highest BCUT2D eigenvalue weighted by atomic mass is 19.1. The summed E-state index contributed by atoms with van der Waals surface area (Å²) in [5.41, 5.74) is 1.28. The Morgan fingerprint density at radius 2 is 1.43 bits per heavy atom. The molecule has 0 aliphatic rings. The second-order valence-electron chi connectivity index (χ2n) is 8.52. The molecule has 0 bridgehead atoms. The van der Waals surface area contributed by atoms with Crippen LogP contribution in [0, 0.1) is 17.0 Å². The van der Waals surface area contributed by atoms with Crippen molar-refractivity contribution in [2.24, 2.45) is 5.41 Å². The number of nitrogens with zero attached hydrogens (tertiary/aromatic N) is 1. The van der Waals surface area contributed by atoms with Gasteiger partial charge in [-0.1, -0.05) is 24.3 Å². The lowest BCUT2D eigenvalue weighted by atomic mass is 9.97. The molecule has 1 N–H and O–H groups in total. The first kappa shape index (κ1) is 24.0. The van der Waals surface area contributed by atoms with E-state index in [-0.39, 0.29) is 36.9 Å². The Bertz CT molecular complexity index is 738. The maximum atomic E-state index is 13.3. The summed E-state index contributed by atoms with van der Waals surface area (Å²) < 4.78 is 31.8. The average molecular weight is 420 g/mol. The van der Waals surface area contributed by atoms with Gasteiger partial charge in [0.2, 0.25) is 0 Å². The largest absolute Gasteiger partial charge is 0.465 e. The van der Waals surface area contributed by atoms with E-state index in [0.717, 1.165) is 11.1 Å². The SMILES string of the molecule is CC(C)(C)C(=O)OCCC[C@H](CO)N(Cc1ccc(F)cc1)Cc1ccc(F)cc1. The van der Waals surface area contributed by atoms with E-state index in [1.807, 2.05) is 0 Å². The predicted octanol–water partition coefficient (Wildman–Crippen LogP) is 4.70. The van der Waals surface area contributed by atoms with Crippen molar-refractivity contribution in [2.45, 2.75) is 52.7 Å². The third kappa shape index (κ3) is 7.84. The number of halogens is 2. The predicted molar refractivity (Wildman–Crippen MR) is 113 cm³/mol. The summed E-state index contributed by atoms with van der Waals surface area (Å²) >= 11 is 0. The normalized spacial score (nSPS) is 12.8. The van der Waals surface area contributed by atoms with Crippen molar-refractivity contribution in [1.29, 1.82) is 0 Å². The molecule has 2 aromatic rings. The number of ether oxygens (including phenoxy) is 1. The highest BCUT2D eigenvalue weighted by molar-refractivity contribution is 5.75. The number of rotatable bonds is 10. The van der Waals surface area contributed by atoms with Crippen LogP contribution in [0.4, 0.5) is 8.78 Å². The van der Waals surface area contributed by atoms with Crippen LogP contribution in [0.3, 0.4) is 0 Å². The van der Waals surface area contributed by atoms with E-state index in [4.69, 9.17) is 4.74 Å². The van der Waals surface area contributed by atoms with Crippen LogP contribution < -0.4 is 0 Å². The molecule has 0 saturated carbocycles. The monoisotopic (exact) mass is 419 g/mol. The number of hydrogen-bond donors (Lipinski definition) is 1. The molecule has 0 saturated heterocycles. The van der Waals surface area contributed by atoms with Gasteiger partial charge in [0.05, 0.1) is 18.6 Å². The summed E-state index contributed by atoms with van der Waals surface area (Å²) in [6.07, 6.45) is 1.23. The Morgan fingerprint density at radius 1 is 0.967 bits per heavy atom. The number of esters is 1. The fourth-order valence-corrected chi connectivity index (χ4v) is 3.05. The van der Waals surface area contributed by atoms with E-state index in [2.05, 4.69) is 4.90 Å². The number of aliphatic hydroxyl groups is 1. The summed E-state index contributed by atoms with van der Waals surface area (Å²) in [7, 11) is 0. The number of benzene rings is 2. The number of carbonyl (C=O) groups excluding carboxylic acids is 1. The van der Waals surface area contributed by atoms with Gasteiger partial charge < -0.3 is 9.84 Å². The first-order chi connectivity index (χ1) is 14.2. The summed E-state index contributed by atoms with van der Waals surface area (Å²) in [6, 6.07) is 12.3. The van der Waals surface area contributed by atoms with Crippen LogP contribution in [0.15, 0.2) is 48.5 Å². The number of carbonyl (C=O) groups is 1. The van der Waals surface area contributed by atoms with Crippen LogP contribution in [0.5, 0.6) is 0 Å².